The van der Waals surface area contributed by atoms with E-state index in [1.807, 2.05) is 0 Å². The van der Waals surface area contributed by atoms with E-state index in [9.17, 15) is 9.59 Å². The fourth-order valence-corrected chi connectivity index (χ4v) is 1.53. The lowest BCUT2D eigenvalue weighted by Crippen LogP contribution is -2.06. The van der Waals surface area contributed by atoms with Gasteiger partial charge in [0.2, 0.25) is 0 Å². The van der Waals surface area contributed by atoms with Crippen LogP contribution in [0.2, 0.25) is 0 Å². The molecular formula is C16H20O5. The van der Waals surface area contributed by atoms with Gasteiger partial charge in [0.25, 0.3) is 0 Å². The number of hydrogen-bond donors (Lipinski definition) is 3. The Morgan fingerprint density at radius 2 is 1.67 bits per heavy atom. The molecule has 0 aliphatic rings. The maximum absolute atomic E-state index is 10.5. The number of aliphatic hydroxyl groups is 1. The van der Waals surface area contributed by atoms with Gasteiger partial charge in [-0.05, 0) is 18.6 Å². The molecule has 1 unspecified atom stereocenters. The first-order valence-corrected chi connectivity index (χ1v) is 6.61. The van der Waals surface area contributed by atoms with Gasteiger partial charge in [-0.15, -0.1) is 12.3 Å². The molecule has 1 aromatic carbocycles. The lowest BCUT2D eigenvalue weighted by molar-refractivity contribution is 0.0651. The SMILES string of the molecule is C#CCC(O)CCCC.O=C(O)c1ccccc1C(=O)O. The lowest BCUT2D eigenvalue weighted by atomic mass is 10.1. The summed E-state index contributed by atoms with van der Waals surface area (Å²) in [5, 5.41) is 26.1. The Kier molecular flexibility index (Phi) is 9.31. The van der Waals surface area contributed by atoms with E-state index in [1.54, 1.807) is 0 Å². The number of terminal acetylenes is 1. The lowest BCUT2D eigenvalue weighted by Gasteiger charge is -2.03. The van der Waals surface area contributed by atoms with Crippen molar-refractivity contribution in [3.8, 4) is 12.3 Å². The normalized spacial score (nSPS) is 10.7. The Bertz CT molecular complexity index is 469. The Morgan fingerprint density at radius 1 is 1.19 bits per heavy atom. The minimum Gasteiger partial charge on any atom is -0.478 e. The predicted octanol–water partition coefficient (Wildman–Crippen LogP) is 2.64. The number of benzene rings is 1. The van der Waals surface area contributed by atoms with Gasteiger partial charge in [0, 0.05) is 6.42 Å². The van der Waals surface area contributed by atoms with E-state index in [0.29, 0.717) is 6.42 Å². The van der Waals surface area contributed by atoms with E-state index in [0.717, 1.165) is 19.3 Å². The number of rotatable bonds is 6. The average molecular weight is 292 g/mol. The molecule has 3 N–H and O–H groups in total. The zero-order chi connectivity index (χ0) is 16.3. The van der Waals surface area contributed by atoms with Crippen LogP contribution in [0.4, 0.5) is 0 Å². The maximum Gasteiger partial charge on any atom is 0.336 e. The first kappa shape index (κ1) is 18.7. The van der Waals surface area contributed by atoms with Gasteiger partial charge in [-0.2, -0.15) is 0 Å². The largest absolute Gasteiger partial charge is 0.478 e. The van der Waals surface area contributed by atoms with E-state index >= 15 is 0 Å². The van der Waals surface area contributed by atoms with Crippen molar-refractivity contribution in [2.24, 2.45) is 0 Å². The van der Waals surface area contributed by atoms with Crippen LogP contribution in [0.25, 0.3) is 0 Å². The zero-order valence-corrected chi connectivity index (χ0v) is 12.0. The molecule has 0 saturated heterocycles. The second-order valence-electron chi connectivity index (χ2n) is 4.36. The van der Waals surface area contributed by atoms with Crippen LogP contribution < -0.4 is 0 Å². The van der Waals surface area contributed by atoms with Crippen molar-refractivity contribution >= 4 is 11.9 Å². The molecule has 0 aromatic heterocycles. The summed E-state index contributed by atoms with van der Waals surface area (Å²) >= 11 is 0. The van der Waals surface area contributed by atoms with Gasteiger partial charge in [0.1, 0.15) is 0 Å². The summed E-state index contributed by atoms with van der Waals surface area (Å²) in [4.78, 5) is 20.9. The van der Waals surface area contributed by atoms with Crippen LogP contribution in [0.1, 0.15) is 53.3 Å². The minimum atomic E-state index is -1.23. The number of aliphatic hydroxyl groups excluding tert-OH is 1. The standard InChI is InChI=1S/C8H6O4.C8H14O/c9-7(10)5-3-1-2-4-6(5)8(11)12;1-3-5-7-8(9)6-4-2/h1-4H,(H,9,10)(H,11,12);2,8-9H,3,5-7H2,1H3. The summed E-state index contributed by atoms with van der Waals surface area (Å²) in [7, 11) is 0. The number of carboxylic acids is 2. The van der Waals surface area contributed by atoms with Crippen LogP contribution in [-0.4, -0.2) is 33.4 Å². The van der Waals surface area contributed by atoms with Crippen molar-refractivity contribution in [3.63, 3.8) is 0 Å². The maximum atomic E-state index is 10.5. The van der Waals surface area contributed by atoms with E-state index in [1.165, 1.54) is 24.3 Å². The van der Waals surface area contributed by atoms with Crippen LogP contribution >= 0.6 is 0 Å². The molecule has 0 radical (unpaired) electrons. The average Bonchev–Trinajstić information content (AvgIpc) is 2.46. The van der Waals surface area contributed by atoms with Crippen LogP contribution in [0.15, 0.2) is 24.3 Å². The molecule has 0 amide bonds. The molecule has 0 aliphatic carbocycles. The van der Waals surface area contributed by atoms with Gasteiger partial charge < -0.3 is 15.3 Å². The molecule has 0 saturated carbocycles. The third-order valence-corrected chi connectivity index (χ3v) is 2.63. The highest BCUT2D eigenvalue weighted by Crippen LogP contribution is 2.07. The molecule has 0 heterocycles. The number of carbonyl (C=O) groups is 2. The van der Waals surface area contributed by atoms with E-state index in [4.69, 9.17) is 21.7 Å². The van der Waals surface area contributed by atoms with Gasteiger partial charge in [-0.25, -0.2) is 9.59 Å². The summed E-state index contributed by atoms with van der Waals surface area (Å²) in [6.07, 6.45) is 8.27. The molecule has 1 rings (SSSR count). The van der Waals surface area contributed by atoms with E-state index in [-0.39, 0.29) is 17.2 Å². The third-order valence-electron chi connectivity index (χ3n) is 2.63. The molecule has 1 aromatic rings. The fraction of sp³-hybridized carbons (Fsp3) is 0.375. The Morgan fingerprint density at radius 3 is 2.00 bits per heavy atom. The second-order valence-corrected chi connectivity index (χ2v) is 4.36. The number of hydrogen-bond acceptors (Lipinski definition) is 3. The van der Waals surface area contributed by atoms with Gasteiger partial charge in [0.05, 0.1) is 17.2 Å². The molecule has 0 aliphatic heterocycles. The topological polar surface area (TPSA) is 94.8 Å². The summed E-state index contributed by atoms with van der Waals surface area (Å²) in [5.41, 5.74) is -0.380. The van der Waals surface area contributed by atoms with Gasteiger partial charge >= 0.3 is 11.9 Å². The van der Waals surface area contributed by atoms with Crippen molar-refractivity contribution < 1.29 is 24.9 Å². The first-order valence-electron chi connectivity index (χ1n) is 6.61. The minimum absolute atomic E-state index is 0.190. The molecule has 5 heteroatoms. The highest BCUT2D eigenvalue weighted by Gasteiger charge is 2.13. The highest BCUT2D eigenvalue weighted by atomic mass is 16.4. The molecule has 114 valence electrons. The first-order chi connectivity index (χ1) is 9.93. The number of carboxylic acid groups (broad SMARTS) is 2. The number of aromatic carboxylic acids is 2. The van der Waals surface area contributed by atoms with Crippen molar-refractivity contribution in [3.05, 3.63) is 35.4 Å². The monoisotopic (exact) mass is 292 g/mol. The Balaban J connectivity index is 0.000000400. The summed E-state index contributed by atoms with van der Waals surface area (Å²) in [6.45, 7) is 2.10. The van der Waals surface area contributed by atoms with Crippen molar-refractivity contribution in [1.82, 2.24) is 0 Å². The summed E-state index contributed by atoms with van der Waals surface area (Å²) in [5.74, 6) is -0.0310. The van der Waals surface area contributed by atoms with E-state index < -0.39 is 11.9 Å². The van der Waals surface area contributed by atoms with Crippen LogP contribution in [-0.2, 0) is 0 Å². The second kappa shape index (κ2) is 10.5. The predicted molar refractivity (Wildman–Crippen MR) is 79.3 cm³/mol. The molecule has 21 heavy (non-hydrogen) atoms. The highest BCUT2D eigenvalue weighted by molar-refractivity contribution is 6.01. The van der Waals surface area contributed by atoms with Crippen molar-refractivity contribution in [2.75, 3.05) is 0 Å². The number of unbranched alkanes of at least 4 members (excludes halogenated alkanes) is 1. The molecule has 0 spiro atoms. The van der Waals surface area contributed by atoms with Crippen LogP contribution in [0, 0.1) is 12.3 Å². The van der Waals surface area contributed by atoms with Crippen LogP contribution in [0.3, 0.4) is 0 Å². The molecule has 0 bridgehead atoms. The van der Waals surface area contributed by atoms with E-state index in [2.05, 4.69) is 12.8 Å². The molecule has 5 nitrogen and oxygen atoms in total. The fourth-order valence-electron chi connectivity index (χ4n) is 1.53. The quantitative estimate of drug-likeness (QED) is 0.701. The van der Waals surface area contributed by atoms with Gasteiger partial charge in [0.15, 0.2) is 0 Å². The Hall–Kier alpha value is -2.32. The Labute approximate surface area is 124 Å². The van der Waals surface area contributed by atoms with Gasteiger partial charge in [-0.1, -0.05) is 31.9 Å². The third kappa shape index (κ3) is 7.75. The van der Waals surface area contributed by atoms with Crippen molar-refractivity contribution in [2.45, 2.75) is 38.7 Å². The zero-order valence-electron chi connectivity index (χ0n) is 12.0. The molecule has 0 fully saturated rings. The van der Waals surface area contributed by atoms with Crippen LogP contribution in [0.5, 0.6) is 0 Å². The molecular weight excluding hydrogens is 272 g/mol. The van der Waals surface area contributed by atoms with Crippen molar-refractivity contribution in [1.29, 1.82) is 0 Å². The van der Waals surface area contributed by atoms with Gasteiger partial charge in [-0.3, -0.25) is 0 Å². The summed E-state index contributed by atoms with van der Waals surface area (Å²) < 4.78 is 0. The summed E-state index contributed by atoms with van der Waals surface area (Å²) in [6, 6.07) is 5.48. The smallest absolute Gasteiger partial charge is 0.336 e. The molecule has 1 atom stereocenters.